The van der Waals surface area contributed by atoms with Crippen LogP contribution in [0, 0.1) is 13.8 Å². The molecule has 136 valence electrons. The predicted octanol–water partition coefficient (Wildman–Crippen LogP) is 6.45. The first kappa shape index (κ1) is 19.2. The molecule has 3 rings (SSSR count). The lowest BCUT2D eigenvalue weighted by Crippen LogP contribution is -2.27. The number of nitrogens with zero attached hydrogens (tertiary/aromatic N) is 2. The molecule has 0 aliphatic heterocycles. The van der Waals surface area contributed by atoms with Crippen molar-refractivity contribution in [2.24, 2.45) is 0 Å². The van der Waals surface area contributed by atoms with Crippen LogP contribution in [0.5, 0.6) is 0 Å². The summed E-state index contributed by atoms with van der Waals surface area (Å²) in [7, 11) is 0. The molecule has 0 aliphatic rings. The normalized spacial score (nSPS) is 13.5. The van der Waals surface area contributed by atoms with Crippen LogP contribution in [0.25, 0.3) is 0 Å². The van der Waals surface area contributed by atoms with E-state index in [0.717, 1.165) is 23.9 Å². The number of aryl methyl sites for hydroxylation is 3. The maximum absolute atomic E-state index is 4.22. The number of imidazole rings is 1. The summed E-state index contributed by atoms with van der Waals surface area (Å²) in [5, 5.41) is 0. The smallest absolute Gasteiger partial charge is 0.0946 e. The fraction of sp³-hybridized carbons (Fsp3) is 0.318. The zero-order chi connectivity index (χ0) is 18.6. The fourth-order valence-electron chi connectivity index (χ4n) is 3.20. The third-order valence-electron chi connectivity index (χ3n) is 4.69. The van der Waals surface area contributed by atoms with E-state index in [4.69, 9.17) is 0 Å². The van der Waals surface area contributed by atoms with Gasteiger partial charge in [-0.3, -0.25) is 0 Å². The first-order valence-corrected chi connectivity index (χ1v) is 10.5. The van der Waals surface area contributed by atoms with E-state index in [2.05, 4.69) is 94.9 Å². The summed E-state index contributed by atoms with van der Waals surface area (Å²) in [5.74, 6) is 0. The van der Waals surface area contributed by atoms with Gasteiger partial charge in [-0.25, -0.2) is 4.98 Å². The molecule has 1 aromatic heterocycles. The van der Waals surface area contributed by atoms with Gasteiger partial charge in [-0.15, -0.1) is 11.8 Å². The third kappa shape index (κ3) is 5.01. The van der Waals surface area contributed by atoms with Gasteiger partial charge in [0.1, 0.15) is 0 Å². The highest BCUT2D eigenvalue weighted by atomic mass is 79.9. The van der Waals surface area contributed by atoms with E-state index in [-0.39, 0.29) is 4.75 Å². The van der Waals surface area contributed by atoms with Crippen molar-refractivity contribution in [3.8, 4) is 0 Å². The molecule has 0 spiro atoms. The SMILES string of the molecule is Cc1cccc(C)c1SC(C)(CCc1ccc(Br)cc1)Cn1ccnc1. The number of hydrogen-bond donors (Lipinski definition) is 0. The van der Waals surface area contributed by atoms with Crippen molar-refractivity contribution in [1.82, 2.24) is 9.55 Å². The van der Waals surface area contributed by atoms with Crippen molar-refractivity contribution in [3.63, 3.8) is 0 Å². The van der Waals surface area contributed by atoms with Gasteiger partial charge in [-0.1, -0.05) is 46.3 Å². The summed E-state index contributed by atoms with van der Waals surface area (Å²) in [6, 6.07) is 15.2. The lowest BCUT2D eigenvalue weighted by Gasteiger charge is -2.31. The number of rotatable bonds is 7. The summed E-state index contributed by atoms with van der Waals surface area (Å²) >= 11 is 5.53. The summed E-state index contributed by atoms with van der Waals surface area (Å²) in [4.78, 5) is 5.63. The van der Waals surface area contributed by atoms with Crippen molar-refractivity contribution in [1.29, 1.82) is 0 Å². The Morgan fingerprint density at radius 2 is 1.77 bits per heavy atom. The van der Waals surface area contributed by atoms with Crippen LogP contribution < -0.4 is 0 Å². The molecule has 1 unspecified atom stereocenters. The minimum absolute atomic E-state index is 0.0879. The van der Waals surface area contributed by atoms with E-state index in [1.165, 1.54) is 21.6 Å². The fourth-order valence-corrected chi connectivity index (χ4v) is 4.83. The van der Waals surface area contributed by atoms with E-state index in [0.29, 0.717) is 0 Å². The molecule has 2 aromatic carbocycles. The van der Waals surface area contributed by atoms with E-state index < -0.39 is 0 Å². The van der Waals surface area contributed by atoms with Crippen molar-refractivity contribution in [2.45, 2.75) is 49.8 Å². The second-order valence-electron chi connectivity index (χ2n) is 7.13. The van der Waals surface area contributed by atoms with Crippen LogP contribution in [0.15, 0.2) is 70.6 Å². The van der Waals surface area contributed by atoms with Gasteiger partial charge in [0, 0.05) is 33.1 Å². The first-order valence-electron chi connectivity index (χ1n) is 8.91. The summed E-state index contributed by atoms with van der Waals surface area (Å²) < 4.78 is 3.42. The van der Waals surface area contributed by atoms with Gasteiger partial charge in [0.25, 0.3) is 0 Å². The van der Waals surface area contributed by atoms with Crippen molar-refractivity contribution in [2.75, 3.05) is 0 Å². The Labute approximate surface area is 169 Å². The van der Waals surface area contributed by atoms with Crippen LogP contribution in [-0.4, -0.2) is 14.3 Å². The van der Waals surface area contributed by atoms with E-state index in [1.54, 1.807) is 0 Å². The zero-order valence-corrected chi connectivity index (χ0v) is 18.0. The Bertz CT molecular complexity index is 823. The van der Waals surface area contributed by atoms with Gasteiger partial charge >= 0.3 is 0 Å². The minimum atomic E-state index is 0.0879. The predicted molar refractivity (Wildman–Crippen MR) is 115 cm³/mol. The van der Waals surface area contributed by atoms with Gasteiger partial charge < -0.3 is 4.57 Å². The molecule has 0 saturated carbocycles. The lowest BCUT2D eigenvalue weighted by molar-refractivity contribution is 0.495. The Balaban J connectivity index is 1.82. The Morgan fingerprint density at radius 3 is 2.38 bits per heavy atom. The van der Waals surface area contributed by atoms with Crippen molar-refractivity contribution < 1.29 is 0 Å². The summed E-state index contributed by atoms with van der Waals surface area (Å²) in [6.45, 7) is 7.74. The minimum Gasteiger partial charge on any atom is -0.336 e. The van der Waals surface area contributed by atoms with Crippen LogP contribution in [-0.2, 0) is 13.0 Å². The maximum atomic E-state index is 4.22. The molecule has 0 N–H and O–H groups in total. The largest absolute Gasteiger partial charge is 0.336 e. The van der Waals surface area contributed by atoms with Crippen molar-refractivity contribution in [3.05, 3.63) is 82.3 Å². The Kier molecular flexibility index (Phi) is 6.25. The van der Waals surface area contributed by atoms with Gasteiger partial charge in [-0.05, 0) is 62.4 Å². The second-order valence-corrected chi connectivity index (χ2v) is 9.65. The Morgan fingerprint density at radius 1 is 1.08 bits per heavy atom. The molecule has 2 nitrogen and oxygen atoms in total. The van der Waals surface area contributed by atoms with E-state index >= 15 is 0 Å². The molecule has 26 heavy (non-hydrogen) atoms. The standard InChI is InChI=1S/C22H25BrN2S/c1-17-5-4-6-18(2)21(17)26-22(3,15-25-14-13-24-16-25)12-11-19-7-9-20(23)10-8-19/h4-10,13-14,16H,11-12,15H2,1-3H3. The van der Waals surface area contributed by atoms with Crippen LogP contribution >= 0.6 is 27.7 Å². The van der Waals surface area contributed by atoms with Crippen LogP contribution in [0.3, 0.4) is 0 Å². The molecular formula is C22H25BrN2S. The molecule has 1 atom stereocenters. The molecule has 0 bridgehead atoms. The van der Waals surface area contributed by atoms with Gasteiger partial charge in [0.15, 0.2) is 0 Å². The van der Waals surface area contributed by atoms with E-state index in [9.17, 15) is 0 Å². The monoisotopic (exact) mass is 428 g/mol. The maximum Gasteiger partial charge on any atom is 0.0946 e. The summed E-state index contributed by atoms with van der Waals surface area (Å²) in [5.41, 5.74) is 4.10. The first-order chi connectivity index (χ1) is 12.5. The molecule has 0 fully saturated rings. The van der Waals surface area contributed by atoms with Gasteiger partial charge in [0.05, 0.1) is 6.33 Å². The third-order valence-corrected chi connectivity index (χ3v) is 6.89. The van der Waals surface area contributed by atoms with Crippen LogP contribution in [0.2, 0.25) is 0 Å². The van der Waals surface area contributed by atoms with E-state index in [1.807, 2.05) is 24.3 Å². The highest BCUT2D eigenvalue weighted by molar-refractivity contribution is 9.10. The highest BCUT2D eigenvalue weighted by Crippen LogP contribution is 2.41. The molecule has 4 heteroatoms. The van der Waals surface area contributed by atoms with Crippen LogP contribution in [0.1, 0.15) is 30.0 Å². The molecule has 1 heterocycles. The topological polar surface area (TPSA) is 17.8 Å². The average molecular weight is 429 g/mol. The zero-order valence-electron chi connectivity index (χ0n) is 15.6. The van der Waals surface area contributed by atoms with Crippen LogP contribution in [0.4, 0.5) is 0 Å². The molecule has 0 aliphatic carbocycles. The quantitative estimate of drug-likeness (QED) is 0.402. The number of benzene rings is 2. The highest BCUT2D eigenvalue weighted by Gasteiger charge is 2.27. The van der Waals surface area contributed by atoms with Gasteiger partial charge in [0.2, 0.25) is 0 Å². The van der Waals surface area contributed by atoms with Gasteiger partial charge in [-0.2, -0.15) is 0 Å². The summed E-state index contributed by atoms with van der Waals surface area (Å²) in [6.07, 6.45) is 8.01. The Hall–Kier alpha value is -1.52. The lowest BCUT2D eigenvalue weighted by atomic mass is 10.00. The number of hydrogen-bond acceptors (Lipinski definition) is 2. The molecular weight excluding hydrogens is 404 g/mol. The average Bonchev–Trinajstić information content (AvgIpc) is 3.11. The number of thioether (sulfide) groups is 1. The second kappa shape index (κ2) is 8.45. The molecule has 3 aromatic rings. The van der Waals surface area contributed by atoms with Crippen molar-refractivity contribution >= 4 is 27.7 Å². The molecule has 0 radical (unpaired) electrons. The molecule has 0 amide bonds. The molecule has 0 saturated heterocycles. The number of aromatic nitrogens is 2. The number of halogens is 1.